The lowest BCUT2D eigenvalue weighted by atomic mass is 9.97. The van der Waals surface area contributed by atoms with Crippen molar-refractivity contribution in [1.29, 1.82) is 0 Å². The Morgan fingerprint density at radius 1 is 1.38 bits per heavy atom. The van der Waals surface area contributed by atoms with E-state index >= 15 is 0 Å². The molecule has 0 aromatic rings. The molecule has 13 heavy (non-hydrogen) atoms. The summed E-state index contributed by atoms with van der Waals surface area (Å²) in [6.45, 7) is 1.34. The van der Waals surface area contributed by atoms with Crippen LogP contribution < -0.4 is 0 Å². The van der Waals surface area contributed by atoms with Gasteiger partial charge in [0.2, 0.25) is 0 Å². The standard InChI is InChI=1S/C8H14O5/c1-4(9)2-6-8(12)7(11)5(10)3-13-6/h5-8,10-12H,2-3H2,1H3/t5-,6+,7+,8-/m1/s1. The monoisotopic (exact) mass is 190 g/mol. The second-order valence-electron chi connectivity index (χ2n) is 3.33. The summed E-state index contributed by atoms with van der Waals surface area (Å²) < 4.78 is 5.00. The molecular weight excluding hydrogens is 176 g/mol. The highest BCUT2D eigenvalue weighted by molar-refractivity contribution is 5.76. The molecular formula is C8H14O5. The minimum absolute atomic E-state index is 0.0455. The summed E-state index contributed by atoms with van der Waals surface area (Å²) >= 11 is 0. The van der Waals surface area contributed by atoms with Gasteiger partial charge in [0.15, 0.2) is 0 Å². The molecule has 1 saturated heterocycles. The highest BCUT2D eigenvalue weighted by Crippen LogP contribution is 2.17. The molecule has 5 heteroatoms. The van der Waals surface area contributed by atoms with E-state index in [-0.39, 0.29) is 18.8 Å². The molecule has 1 aliphatic heterocycles. The van der Waals surface area contributed by atoms with Crippen LogP contribution in [0.4, 0.5) is 0 Å². The van der Waals surface area contributed by atoms with E-state index in [9.17, 15) is 15.0 Å². The van der Waals surface area contributed by atoms with Crippen molar-refractivity contribution in [3.05, 3.63) is 0 Å². The van der Waals surface area contributed by atoms with Crippen molar-refractivity contribution >= 4 is 5.78 Å². The third-order valence-corrected chi connectivity index (χ3v) is 2.09. The Morgan fingerprint density at radius 3 is 2.54 bits per heavy atom. The Bertz CT molecular complexity index is 193. The first kappa shape index (κ1) is 10.6. The molecule has 0 saturated carbocycles. The zero-order valence-corrected chi connectivity index (χ0v) is 7.38. The van der Waals surface area contributed by atoms with Gasteiger partial charge in [-0.2, -0.15) is 0 Å². The fourth-order valence-electron chi connectivity index (χ4n) is 1.33. The summed E-state index contributed by atoms with van der Waals surface area (Å²) in [4.78, 5) is 10.7. The lowest BCUT2D eigenvalue weighted by Crippen LogP contribution is -2.53. The van der Waals surface area contributed by atoms with Gasteiger partial charge in [0.25, 0.3) is 0 Å². The number of hydrogen-bond acceptors (Lipinski definition) is 5. The van der Waals surface area contributed by atoms with Gasteiger partial charge in [-0.3, -0.25) is 4.79 Å². The molecule has 4 atom stereocenters. The van der Waals surface area contributed by atoms with Crippen LogP contribution in [-0.2, 0) is 9.53 Å². The summed E-state index contributed by atoms with van der Waals surface area (Å²) in [6, 6.07) is 0. The number of hydrogen-bond donors (Lipinski definition) is 3. The van der Waals surface area contributed by atoms with Crippen molar-refractivity contribution in [3.63, 3.8) is 0 Å². The normalized spacial score (nSPS) is 40.3. The third-order valence-electron chi connectivity index (χ3n) is 2.09. The van der Waals surface area contributed by atoms with Crippen molar-refractivity contribution < 1.29 is 24.9 Å². The van der Waals surface area contributed by atoms with E-state index < -0.39 is 24.4 Å². The lowest BCUT2D eigenvalue weighted by Gasteiger charge is -2.34. The molecule has 0 spiro atoms. The Labute approximate surface area is 75.9 Å². The van der Waals surface area contributed by atoms with Crippen molar-refractivity contribution in [1.82, 2.24) is 0 Å². The zero-order valence-electron chi connectivity index (χ0n) is 7.38. The summed E-state index contributed by atoms with van der Waals surface area (Å²) in [5.41, 5.74) is 0. The number of carbonyl (C=O) groups is 1. The van der Waals surface area contributed by atoms with E-state index in [1.54, 1.807) is 0 Å². The molecule has 0 amide bonds. The fourth-order valence-corrected chi connectivity index (χ4v) is 1.33. The number of ether oxygens (including phenoxy) is 1. The molecule has 0 aromatic heterocycles. The first-order valence-electron chi connectivity index (χ1n) is 4.17. The molecule has 1 rings (SSSR count). The number of carbonyl (C=O) groups excluding carboxylic acids is 1. The first-order chi connectivity index (χ1) is 6.02. The maximum absolute atomic E-state index is 10.7. The van der Waals surface area contributed by atoms with E-state index in [2.05, 4.69) is 0 Å². The van der Waals surface area contributed by atoms with Gasteiger partial charge in [0.1, 0.15) is 24.1 Å². The van der Waals surface area contributed by atoms with Gasteiger partial charge in [-0.05, 0) is 6.92 Å². The molecule has 5 nitrogen and oxygen atoms in total. The van der Waals surface area contributed by atoms with E-state index in [4.69, 9.17) is 9.84 Å². The second-order valence-corrected chi connectivity index (χ2v) is 3.33. The average molecular weight is 190 g/mol. The van der Waals surface area contributed by atoms with Gasteiger partial charge in [-0.25, -0.2) is 0 Å². The zero-order chi connectivity index (χ0) is 10.0. The predicted molar refractivity (Wildman–Crippen MR) is 43.1 cm³/mol. The number of Topliss-reactive ketones (excluding diaryl/α,β-unsaturated/α-hetero) is 1. The van der Waals surface area contributed by atoms with Crippen LogP contribution in [0.5, 0.6) is 0 Å². The smallest absolute Gasteiger partial charge is 0.132 e. The van der Waals surface area contributed by atoms with Gasteiger partial charge >= 0.3 is 0 Å². The minimum Gasteiger partial charge on any atom is -0.388 e. The highest BCUT2D eigenvalue weighted by atomic mass is 16.5. The molecule has 1 fully saturated rings. The van der Waals surface area contributed by atoms with Gasteiger partial charge in [-0.1, -0.05) is 0 Å². The van der Waals surface area contributed by atoms with E-state index in [0.29, 0.717) is 0 Å². The maximum atomic E-state index is 10.7. The Hall–Kier alpha value is -0.490. The fraction of sp³-hybridized carbons (Fsp3) is 0.875. The van der Waals surface area contributed by atoms with Crippen molar-refractivity contribution in [2.24, 2.45) is 0 Å². The topological polar surface area (TPSA) is 87.0 Å². The average Bonchev–Trinajstić information content (AvgIpc) is 2.06. The third kappa shape index (κ3) is 2.47. The molecule has 0 bridgehead atoms. The molecule has 1 heterocycles. The molecule has 1 aliphatic rings. The summed E-state index contributed by atoms with van der Waals surface area (Å²) in [5.74, 6) is -0.118. The van der Waals surface area contributed by atoms with Crippen molar-refractivity contribution in [2.75, 3.05) is 6.61 Å². The van der Waals surface area contributed by atoms with Crippen LogP contribution in [0.15, 0.2) is 0 Å². The molecule has 0 radical (unpaired) electrons. The highest BCUT2D eigenvalue weighted by Gasteiger charge is 2.37. The van der Waals surface area contributed by atoms with Crippen molar-refractivity contribution in [2.45, 2.75) is 37.8 Å². The van der Waals surface area contributed by atoms with Crippen LogP contribution in [-0.4, -0.2) is 52.1 Å². The van der Waals surface area contributed by atoms with E-state index in [1.807, 2.05) is 0 Å². The van der Waals surface area contributed by atoms with Crippen LogP contribution >= 0.6 is 0 Å². The van der Waals surface area contributed by atoms with Gasteiger partial charge < -0.3 is 20.1 Å². The molecule has 0 unspecified atom stereocenters. The van der Waals surface area contributed by atoms with Crippen LogP contribution in [0, 0.1) is 0 Å². The first-order valence-corrected chi connectivity index (χ1v) is 4.17. The van der Waals surface area contributed by atoms with Gasteiger partial charge in [-0.15, -0.1) is 0 Å². The van der Waals surface area contributed by atoms with Crippen LogP contribution in [0.3, 0.4) is 0 Å². The summed E-state index contributed by atoms with van der Waals surface area (Å²) in [6.07, 6.45) is -4.12. The molecule has 0 aliphatic carbocycles. The Balaban J connectivity index is 2.53. The molecule has 0 aromatic carbocycles. The molecule has 3 N–H and O–H groups in total. The van der Waals surface area contributed by atoms with E-state index in [0.717, 1.165) is 0 Å². The maximum Gasteiger partial charge on any atom is 0.132 e. The number of rotatable bonds is 2. The van der Waals surface area contributed by atoms with Crippen LogP contribution in [0.2, 0.25) is 0 Å². The van der Waals surface area contributed by atoms with E-state index in [1.165, 1.54) is 6.92 Å². The Kier molecular flexibility index (Phi) is 3.38. The summed E-state index contributed by atoms with van der Waals surface area (Å²) in [5, 5.41) is 27.7. The SMILES string of the molecule is CC(=O)C[C@@H]1OC[C@@H](O)[C@H](O)[C@@H]1O. The number of aliphatic hydroxyl groups excluding tert-OH is 3. The van der Waals surface area contributed by atoms with Gasteiger partial charge in [0, 0.05) is 6.42 Å². The lowest BCUT2D eigenvalue weighted by molar-refractivity contribution is -0.188. The van der Waals surface area contributed by atoms with Crippen molar-refractivity contribution in [3.8, 4) is 0 Å². The van der Waals surface area contributed by atoms with Crippen LogP contribution in [0.1, 0.15) is 13.3 Å². The Morgan fingerprint density at radius 2 is 2.00 bits per heavy atom. The number of aliphatic hydroxyl groups is 3. The quantitative estimate of drug-likeness (QED) is 0.490. The second kappa shape index (κ2) is 4.15. The minimum atomic E-state index is -1.22. The summed E-state index contributed by atoms with van der Waals surface area (Å²) in [7, 11) is 0. The van der Waals surface area contributed by atoms with Crippen LogP contribution in [0.25, 0.3) is 0 Å². The molecule has 76 valence electrons. The predicted octanol–water partition coefficient (Wildman–Crippen LogP) is -1.55. The largest absolute Gasteiger partial charge is 0.388 e. The number of ketones is 1. The van der Waals surface area contributed by atoms with Gasteiger partial charge in [0.05, 0.1) is 12.7 Å².